The average Bonchev–Trinajstić information content (AvgIpc) is 0.748. The Labute approximate surface area is 824 Å². The third-order valence-electron chi connectivity index (χ3n) is 27.5. The molecule has 0 radical (unpaired) electrons. The lowest BCUT2D eigenvalue weighted by molar-refractivity contribution is -0.332. The topological polar surface area (TPSA) is 622 Å². The van der Waals surface area contributed by atoms with Gasteiger partial charge in [0.05, 0.1) is 113 Å². The molecule has 788 valence electrons. The number of para-hydroxylation sites is 2. The van der Waals surface area contributed by atoms with E-state index in [1.54, 1.807) is 48.5 Å². The van der Waals surface area contributed by atoms with Gasteiger partial charge in [-0.2, -0.15) is 0 Å². The first kappa shape index (κ1) is 118. The van der Waals surface area contributed by atoms with E-state index < -0.39 is 212 Å². The molecule has 0 bridgehead atoms. The summed E-state index contributed by atoms with van der Waals surface area (Å²) in [6.07, 6.45) is -26.7. The zero-order valence-corrected chi connectivity index (χ0v) is 84.7. The Bertz CT molecular complexity index is 4580. The molecule has 11 rings (SSSR count). The summed E-state index contributed by atoms with van der Waals surface area (Å²) in [5.41, 5.74) is 25.4. The van der Waals surface area contributed by atoms with Gasteiger partial charge in [-0.1, -0.05) is 76.9 Å². The van der Waals surface area contributed by atoms with Crippen LogP contribution in [0.4, 0.5) is 11.4 Å². The van der Waals surface area contributed by atoms with E-state index in [-0.39, 0.29) is 94.5 Å². The number of ether oxygens (including phenoxy) is 11. The number of aliphatic hydroxyl groups is 14. The molecule has 139 heavy (non-hydrogen) atoms. The minimum atomic E-state index is -1.96. The number of nitrogens with one attached hydrogen (secondary N) is 4. The van der Waals surface area contributed by atoms with Crippen LogP contribution in [0.3, 0.4) is 0 Å². The molecule has 26 N–H and O–H groups in total. The Morgan fingerprint density at radius 3 is 1.81 bits per heavy atom. The quantitative estimate of drug-likeness (QED) is 0.0168. The first-order chi connectivity index (χ1) is 65.6. The van der Waals surface area contributed by atoms with E-state index in [1.807, 2.05) is 113 Å². The van der Waals surface area contributed by atoms with Crippen molar-refractivity contribution in [3.8, 4) is 17.1 Å². The number of nitrogens with two attached hydrogens (primary N) is 4. The SMILES string of the molecule is CC(C)N=c1cc2n(-c3ccc(Cl)cc3)c3ccccc3nc-2cc1Nc1ccc(Cl)cc1.CCC(CO)NCCNC(CC)CO.CC[C@H]1OC(=O)[C@H](C)[C@@H](O[C@H]2C[C@@](C)(OC)[C@@H](O)[C@H](C)O2)[C@H](C)[C@@H](O[C@@H]2O[C@H](C)C[C@H](N(C)C)[C@H]2O)[C@](C)(OC)C[C@@H](C)C(=O)[C@H](C)[C@@H](O)[C@]1(C)O.NCC[C@H](O)C(=O)N[C@@H]1C[C@H](N)[C@@H](O[C@H]2O[C@H](CN)[C@@H](O)[C@H](O)[C@H]2O)[C@H](O)[C@H]1O[C@H]1O[C@H](CO)[C@@H](O)[C@H](N)[C@H]1O. The van der Waals surface area contributed by atoms with Gasteiger partial charge in [0.25, 0.3) is 0 Å². The smallest absolute Gasteiger partial charge is 0.311 e. The van der Waals surface area contributed by atoms with E-state index >= 15 is 0 Å². The summed E-state index contributed by atoms with van der Waals surface area (Å²) in [4.78, 5) is 52.5. The van der Waals surface area contributed by atoms with Gasteiger partial charge >= 0.3 is 5.97 Å². The fraction of sp³-hybridized carbons (Fsp3) is 0.722. The number of aliphatic hydroxyl groups excluding tert-OH is 13. The van der Waals surface area contributed by atoms with Crippen molar-refractivity contribution in [1.29, 1.82) is 0 Å². The zero-order chi connectivity index (χ0) is 103. The molecule has 36 atom stereocenters. The Morgan fingerprint density at radius 1 is 0.669 bits per heavy atom. The highest BCUT2D eigenvalue weighted by atomic mass is 35.5. The van der Waals surface area contributed by atoms with Gasteiger partial charge in [-0.25, -0.2) is 4.98 Å². The number of esters is 1. The Balaban J connectivity index is 0.000000243. The summed E-state index contributed by atoms with van der Waals surface area (Å²) in [7, 11) is 6.77. The average molecular weight is 2010 g/mol. The predicted octanol–water partition coefficient (Wildman–Crippen LogP) is 1.21. The Kier molecular flexibility index (Phi) is 45.9. The molecule has 2 unspecified atom stereocenters. The third-order valence-corrected chi connectivity index (χ3v) is 28.0. The molecule has 1 saturated carbocycles. The number of benzene rings is 4. The number of cyclic esters (lactones) is 1. The van der Waals surface area contributed by atoms with Crippen LogP contribution in [0.5, 0.6) is 0 Å². The molecule has 2 aliphatic carbocycles. The molecule has 3 aromatic rings. The summed E-state index contributed by atoms with van der Waals surface area (Å²) in [6, 6.07) is 24.6. The fourth-order valence-electron chi connectivity index (χ4n) is 18.8. The third kappa shape index (κ3) is 29.9. The van der Waals surface area contributed by atoms with E-state index in [9.17, 15) is 75.7 Å². The van der Waals surface area contributed by atoms with E-state index in [0.29, 0.717) is 16.5 Å². The van der Waals surface area contributed by atoms with Crippen LogP contribution < -0.4 is 49.6 Å². The number of fused-ring (bicyclic) bond motifs is 2. The van der Waals surface area contributed by atoms with Crippen molar-refractivity contribution < 1.29 is 138 Å². The highest BCUT2D eigenvalue weighted by molar-refractivity contribution is 6.31. The van der Waals surface area contributed by atoms with Crippen LogP contribution in [-0.4, -0.2) is 378 Å². The van der Waals surface area contributed by atoms with Gasteiger partial charge in [-0.3, -0.25) is 19.4 Å². The Hall–Kier alpha value is -5.97. The van der Waals surface area contributed by atoms with E-state index in [2.05, 4.69) is 57.9 Å². The summed E-state index contributed by atoms with van der Waals surface area (Å²) in [5, 5.41) is 160. The lowest BCUT2D eigenvalue weighted by atomic mass is 9.74. The molecule has 8 aliphatic rings. The number of halogens is 2. The largest absolute Gasteiger partial charge is 0.459 e. The molecule has 0 spiro atoms. The van der Waals surface area contributed by atoms with Gasteiger partial charge in [0, 0.05) is 110 Å². The van der Waals surface area contributed by atoms with Crippen LogP contribution in [0.15, 0.2) is 89.9 Å². The number of hydrogen-bond acceptors (Lipinski definition) is 38. The number of methoxy groups -OCH3 is 2. The number of rotatable bonds is 31. The van der Waals surface area contributed by atoms with Crippen LogP contribution in [0.25, 0.3) is 28.1 Å². The summed E-state index contributed by atoms with van der Waals surface area (Å²) in [5.74, 6) is -5.31. The molecule has 6 aliphatic heterocycles. The summed E-state index contributed by atoms with van der Waals surface area (Å²) >= 11 is 12.2. The molecule has 40 nitrogen and oxygen atoms in total. The van der Waals surface area contributed by atoms with Gasteiger partial charge in [0.2, 0.25) is 5.91 Å². The predicted molar refractivity (Wildman–Crippen MR) is 519 cm³/mol. The van der Waals surface area contributed by atoms with Gasteiger partial charge in [0.15, 0.2) is 25.2 Å². The zero-order valence-electron chi connectivity index (χ0n) is 83.2. The first-order valence-electron chi connectivity index (χ1n) is 48.2. The molecule has 3 aromatic carbocycles. The van der Waals surface area contributed by atoms with E-state index in [1.165, 1.54) is 21.1 Å². The van der Waals surface area contributed by atoms with E-state index in [4.69, 9.17) is 118 Å². The number of amides is 1. The number of hydrogen-bond donors (Lipinski definition) is 22. The van der Waals surface area contributed by atoms with Gasteiger partial charge in [-0.05, 0) is 194 Å². The van der Waals surface area contributed by atoms with Crippen molar-refractivity contribution in [2.75, 3.05) is 79.6 Å². The maximum Gasteiger partial charge on any atom is 0.311 e. The fourth-order valence-corrected chi connectivity index (χ4v) is 19.0. The molecule has 6 heterocycles. The molecular formula is C97H158Cl2N12O28. The number of carbonyl (C=O) groups excluding carboxylic acids is 3. The number of Topliss-reactive ketones (excluding diaryl/α,β-unsaturated/α-hetero) is 1. The van der Waals surface area contributed by atoms with Crippen molar-refractivity contribution >= 4 is 63.3 Å². The van der Waals surface area contributed by atoms with Crippen molar-refractivity contribution in [2.45, 2.75) is 349 Å². The number of likely N-dealkylation sites (N-methyl/N-ethyl adjacent to an activating group) is 1. The number of carbonyl (C=O) groups is 3. The second-order valence-electron chi connectivity index (χ2n) is 38.6. The Morgan fingerprint density at radius 2 is 1.25 bits per heavy atom. The van der Waals surface area contributed by atoms with Crippen molar-refractivity contribution in [3.05, 3.63) is 100 Å². The van der Waals surface area contributed by atoms with Gasteiger partial charge < -0.3 is 177 Å². The lowest BCUT2D eigenvalue weighted by Gasteiger charge is -2.50. The standard InChI is InChI=1S/C38H69NO13.C27H22Cl2N4.C22H43N5O13.C10H24N2O2/c1-15-26-38(10,45)31(42)21(4)28(40)19(2)17-37(9,47-14)33(52-35-29(41)25(39(11)12)16-20(3)48-35)22(5)30(23(6)34(44)50-26)51-27-18-36(8,46-13)32(43)24(7)49-27;1-17(2)30-24-16-27-25(15-23(24)31-20-11-7-18(28)8-12-20)32-22-5-3-4-6-26(22)33(27)21-13-9-19(29)10-14-21;23-2-1-8(29)20(36)27-7-3-6(25)18(39-22-16(34)15(33)13(31)9(4-24)37-22)17(35)19(7)40-21-14(32)11(26)12(30)10(5-28)38-21;1-3-9(7-13)11-5-6-12-10(4-2)8-14/h19-27,29-33,35,41-43,45H,15-18H2,1-14H3;3-17,31H,1-2H3;6-19,21-22,28-35H,1-5,23-26H2,(H,27,36);9-14H,3-8H2,1-2H3/t19-,20-,21+,22+,23-,24+,25+,26-,27+,29-,30+,31-,32+,33-,35+,36-,37-,38-;;6-,7+,8-,9+,10+,11-,12+,13+,14+,15-,16+,17-,18+,19-,21+,22+;/m1.0./s1. The van der Waals surface area contributed by atoms with Crippen molar-refractivity contribution in [1.82, 2.24) is 30.4 Å². The molecule has 1 amide bonds. The maximum absolute atomic E-state index is 14.2. The molecular weight excluding hydrogens is 1850 g/mol. The highest BCUT2D eigenvalue weighted by Gasteiger charge is 2.57. The van der Waals surface area contributed by atoms with Crippen LogP contribution in [-0.2, 0) is 66.5 Å². The minimum absolute atomic E-state index is 0.0101. The molecule has 0 aromatic heterocycles. The summed E-state index contributed by atoms with van der Waals surface area (Å²) in [6.45, 7) is 26.4. The normalized spacial score (nSPS) is 36.3. The molecule has 42 heteroatoms. The van der Waals surface area contributed by atoms with Crippen LogP contribution in [0, 0.1) is 23.7 Å². The highest BCUT2D eigenvalue weighted by Crippen LogP contribution is 2.44. The lowest BCUT2D eigenvalue weighted by Crippen LogP contribution is -2.69. The number of nitrogens with zero attached hydrogens (tertiary/aromatic N) is 4. The van der Waals surface area contributed by atoms with E-state index in [0.717, 1.165) is 70.8 Å². The molecule has 6 fully saturated rings. The van der Waals surface area contributed by atoms with Crippen molar-refractivity contribution in [3.63, 3.8) is 0 Å². The van der Waals surface area contributed by atoms with Gasteiger partial charge in [0.1, 0.15) is 96.8 Å². The molecule has 5 saturated heterocycles. The second-order valence-corrected chi connectivity index (χ2v) is 39.4. The van der Waals surface area contributed by atoms with Crippen LogP contribution in [0.1, 0.15) is 148 Å². The van der Waals surface area contributed by atoms with Crippen molar-refractivity contribution in [2.24, 2.45) is 51.6 Å². The van der Waals surface area contributed by atoms with Crippen LogP contribution >= 0.6 is 23.2 Å². The monoisotopic (exact) mass is 2010 g/mol. The number of aromatic nitrogens is 2. The van der Waals surface area contributed by atoms with Gasteiger partial charge in [-0.15, -0.1) is 0 Å². The minimum Gasteiger partial charge on any atom is -0.459 e. The maximum atomic E-state index is 14.2. The second kappa shape index (κ2) is 53.9. The first-order valence-corrected chi connectivity index (χ1v) is 48.9. The van der Waals surface area contributed by atoms with Crippen LogP contribution in [0.2, 0.25) is 10.0 Å². The number of ketones is 1. The number of anilines is 2. The summed E-state index contributed by atoms with van der Waals surface area (Å²) < 4.78 is 68.6.